The van der Waals surface area contributed by atoms with Gasteiger partial charge in [0.05, 0.1) is 26.7 Å². The summed E-state index contributed by atoms with van der Waals surface area (Å²) in [6.07, 6.45) is 0.282. The van der Waals surface area contributed by atoms with Gasteiger partial charge in [0.25, 0.3) is 0 Å². The predicted molar refractivity (Wildman–Crippen MR) is 49.8 cm³/mol. The fourth-order valence-corrected chi connectivity index (χ4v) is 1.34. The first-order chi connectivity index (χ1) is 5.33. The molecule has 0 aromatic heterocycles. The molecule has 0 fully saturated rings. The maximum Gasteiger partial charge on any atom is 0.104 e. The van der Waals surface area contributed by atoms with Gasteiger partial charge in [-0.1, -0.05) is 0 Å². The van der Waals surface area contributed by atoms with Crippen molar-refractivity contribution in [2.75, 3.05) is 27.2 Å². The number of aliphatic hydroxyl groups excluding tert-OH is 2. The van der Waals surface area contributed by atoms with Crippen LogP contribution in [0.4, 0.5) is 0 Å². The predicted octanol–water partition coefficient (Wildman–Crippen LogP) is 0.215. The molecule has 0 aliphatic rings. The van der Waals surface area contributed by atoms with Gasteiger partial charge < -0.3 is 14.7 Å². The van der Waals surface area contributed by atoms with E-state index in [0.29, 0.717) is 0 Å². The molecule has 12 heavy (non-hydrogen) atoms. The zero-order valence-electron chi connectivity index (χ0n) is 8.62. The third kappa shape index (κ3) is 6.58. The fraction of sp³-hybridized carbons (Fsp3) is 1.00. The van der Waals surface area contributed by atoms with Crippen LogP contribution in [0.2, 0.25) is 0 Å². The minimum atomic E-state index is -0.269. The third-order valence-electron chi connectivity index (χ3n) is 1.91. The molecule has 0 bridgehead atoms. The second-order valence-electron chi connectivity index (χ2n) is 4.33. The molecule has 0 aliphatic heterocycles. The van der Waals surface area contributed by atoms with Crippen LogP contribution in [0.5, 0.6) is 0 Å². The van der Waals surface area contributed by atoms with Crippen LogP contribution in [0.25, 0.3) is 0 Å². The van der Waals surface area contributed by atoms with Gasteiger partial charge in [0.2, 0.25) is 0 Å². The smallest absolute Gasteiger partial charge is 0.104 e. The molecule has 0 heterocycles. The zero-order valence-corrected chi connectivity index (χ0v) is 8.62. The fourth-order valence-electron chi connectivity index (χ4n) is 1.34. The molecule has 3 nitrogen and oxygen atoms in total. The Labute approximate surface area is 75.2 Å². The zero-order chi connectivity index (χ0) is 9.78. The molecule has 0 saturated heterocycles. The average molecular weight is 176 g/mol. The first kappa shape index (κ1) is 11.9. The standard InChI is InChI=1S/C9H22NO2/c1-8(11)5-6-10(3,4)7-9(2)12/h8-9,11-12H,5-7H2,1-4H3/q+1. The summed E-state index contributed by atoms with van der Waals surface area (Å²) in [6.45, 7) is 5.24. The van der Waals surface area contributed by atoms with Crippen LogP contribution in [0, 0.1) is 0 Å². The SMILES string of the molecule is CC(O)CC[N+](C)(C)CC(C)O. The van der Waals surface area contributed by atoms with Gasteiger partial charge in [-0.15, -0.1) is 0 Å². The molecule has 0 spiro atoms. The van der Waals surface area contributed by atoms with E-state index >= 15 is 0 Å². The second kappa shape index (κ2) is 4.80. The van der Waals surface area contributed by atoms with E-state index in [9.17, 15) is 5.11 Å². The molecule has 0 aromatic rings. The van der Waals surface area contributed by atoms with Crippen LogP contribution in [-0.4, -0.2) is 54.1 Å². The van der Waals surface area contributed by atoms with Gasteiger partial charge in [0.1, 0.15) is 12.6 Å². The van der Waals surface area contributed by atoms with Gasteiger partial charge in [-0.2, -0.15) is 0 Å². The number of hydrogen-bond donors (Lipinski definition) is 2. The van der Waals surface area contributed by atoms with Gasteiger partial charge in [0.15, 0.2) is 0 Å². The minimum absolute atomic E-state index is 0.239. The largest absolute Gasteiger partial charge is 0.393 e. The van der Waals surface area contributed by atoms with Crippen molar-refractivity contribution >= 4 is 0 Å². The van der Waals surface area contributed by atoms with E-state index in [4.69, 9.17) is 5.11 Å². The molecule has 0 amide bonds. The lowest BCUT2D eigenvalue weighted by Gasteiger charge is -2.31. The number of rotatable bonds is 5. The van der Waals surface area contributed by atoms with Gasteiger partial charge >= 0.3 is 0 Å². The van der Waals surface area contributed by atoms with Crippen LogP contribution < -0.4 is 0 Å². The molecular weight excluding hydrogens is 154 g/mol. The topological polar surface area (TPSA) is 40.5 Å². The molecule has 0 radical (unpaired) electrons. The van der Waals surface area contributed by atoms with Gasteiger partial charge in [-0.05, 0) is 13.8 Å². The van der Waals surface area contributed by atoms with Crippen LogP contribution in [-0.2, 0) is 0 Å². The Morgan fingerprint density at radius 3 is 1.92 bits per heavy atom. The van der Waals surface area contributed by atoms with E-state index in [0.717, 1.165) is 24.0 Å². The summed E-state index contributed by atoms with van der Waals surface area (Å²) in [4.78, 5) is 0. The Hall–Kier alpha value is -0.120. The minimum Gasteiger partial charge on any atom is -0.393 e. The van der Waals surface area contributed by atoms with Crippen LogP contribution in [0.15, 0.2) is 0 Å². The molecule has 2 N–H and O–H groups in total. The van der Waals surface area contributed by atoms with Crippen molar-refractivity contribution in [3.8, 4) is 0 Å². The van der Waals surface area contributed by atoms with E-state index < -0.39 is 0 Å². The lowest BCUT2D eigenvalue weighted by molar-refractivity contribution is -0.893. The number of aliphatic hydroxyl groups is 2. The van der Waals surface area contributed by atoms with Gasteiger partial charge in [-0.3, -0.25) is 0 Å². The van der Waals surface area contributed by atoms with E-state index in [-0.39, 0.29) is 12.2 Å². The molecule has 2 atom stereocenters. The molecule has 0 aromatic carbocycles. The lowest BCUT2D eigenvalue weighted by Crippen LogP contribution is -2.45. The molecule has 2 unspecified atom stereocenters. The lowest BCUT2D eigenvalue weighted by atomic mass is 10.2. The van der Waals surface area contributed by atoms with E-state index in [2.05, 4.69) is 14.1 Å². The normalized spacial score (nSPS) is 17.5. The van der Waals surface area contributed by atoms with E-state index in [1.807, 2.05) is 0 Å². The highest BCUT2D eigenvalue weighted by Crippen LogP contribution is 2.03. The van der Waals surface area contributed by atoms with E-state index in [1.54, 1.807) is 13.8 Å². The van der Waals surface area contributed by atoms with E-state index in [1.165, 1.54) is 0 Å². The Kier molecular flexibility index (Phi) is 4.75. The number of nitrogens with zero attached hydrogens (tertiary/aromatic N) is 1. The quantitative estimate of drug-likeness (QED) is 0.588. The summed E-state index contributed by atoms with van der Waals surface area (Å²) >= 11 is 0. The Morgan fingerprint density at radius 1 is 1.08 bits per heavy atom. The average Bonchev–Trinajstić information content (AvgIpc) is 1.81. The summed E-state index contributed by atoms with van der Waals surface area (Å²) in [6, 6.07) is 0. The van der Waals surface area contributed by atoms with Crippen molar-refractivity contribution in [2.24, 2.45) is 0 Å². The molecule has 0 saturated carbocycles. The van der Waals surface area contributed by atoms with Crippen molar-refractivity contribution in [1.29, 1.82) is 0 Å². The molecule has 0 aliphatic carbocycles. The van der Waals surface area contributed by atoms with Crippen molar-refractivity contribution in [3.05, 3.63) is 0 Å². The molecular formula is C9H22NO2+. The van der Waals surface area contributed by atoms with Crippen LogP contribution in [0.1, 0.15) is 20.3 Å². The molecule has 74 valence electrons. The summed E-state index contributed by atoms with van der Waals surface area (Å²) in [5.74, 6) is 0. The monoisotopic (exact) mass is 176 g/mol. The first-order valence-corrected chi connectivity index (χ1v) is 4.51. The Morgan fingerprint density at radius 2 is 1.58 bits per heavy atom. The van der Waals surface area contributed by atoms with Crippen molar-refractivity contribution in [3.63, 3.8) is 0 Å². The Balaban J connectivity index is 3.71. The van der Waals surface area contributed by atoms with Crippen LogP contribution in [0.3, 0.4) is 0 Å². The number of likely N-dealkylation sites (N-methyl/N-ethyl adjacent to an activating group) is 1. The third-order valence-corrected chi connectivity index (χ3v) is 1.91. The highest BCUT2D eigenvalue weighted by atomic mass is 16.3. The maximum absolute atomic E-state index is 9.18. The molecule has 3 heteroatoms. The van der Waals surface area contributed by atoms with Crippen molar-refractivity contribution in [2.45, 2.75) is 32.5 Å². The summed E-state index contributed by atoms with van der Waals surface area (Å²) in [5.41, 5.74) is 0. The first-order valence-electron chi connectivity index (χ1n) is 4.51. The van der Waals surface area contributed by atoms with Crippen molar-refractivity contribution in [1.82, 2.24) is 0 Å². The maximum atomic E-state index is 9.18. The number of hydrogen-bond acceptors (Lipinski definition) is 2. The van der Waals surface area contributed by atoms with Gasteiger partial charge in [0, 0.05) is 6.42 Å². The van der Waals surface area contributed by atoms with Crippen LogP contribution >= 0.6 is 0 Å². The summed E-state index contributed by atoms with van der Waals surface area (Å²) in [5, 5.41) is 18.3. The Bertz CT molecular complexity index is 122. The highest BCUT2D eigenvalue weighted by molar-refractivity contribution is 4.48. The number of quaternary nitrogens is 1. The van der Waals surface area contributed by atoms with Crippen molar-refractivity contribution < 1.29 is 14.7 Å². The summed E-state index contributed by atoms with van der Waals surface area (Å²) < 4.78 is 0.766. The summed E-state index contributed by atoms with van der Waals surface area (Å²) in [7, 11) is 4.13. The van der Waals surface area contributed by atoms with Gasteiger partial charge in [-0.25, -0.2) is 0 Å². The second-order valence-corrected chi connectivity index (χ2v) is 4.33. The molecule has 0 rings (SSSR count). The highest BCUT2D eigenvalue weighted by Gasteiger charge is 2.17.